The van der Waals surface area contributed by atoms with Crippen LogP contribution in [0.15, 0.2) is 72.8 Å². The normalized spacial score (nSPS) is 10.8. The fourth-order valence-electron chi connectivity index (χ4n) is 2.29. The highest BCUT2D eigenvalue weighted by Crippen LogP contribution is 2.25. The Labute approximate surface area is 130 Å². The first-order chi connectivity index (χ1) is 11.2. The molecule has 0 heterocycles. The summed E-state index contributed by atoms with van der Waals surface area (Å²) in [6.45, 7) is 0. The minimum atomic E-state index is 0.331. The van der Waals surface area contributed by atoms with Gasteiger partial charge in [-0.3, -0.25) is 9.59 Å². The van der Waals surface area contributed by atoms with Gasteiger partial charge in [-0.1, -0.05) is 72.8 Å². The zero-order valence-corrected chi connectivity index (χ0v) is 11.8. The van der Waals surface area contributed by atoms with Crippen LogP contribution in [0.4, 0.5) is 0 Å². The first-order valence-electron chi connectivity index (χ1n) is 7.43. The molecule has 0 fully saturated rings. The van der Waals surface area contributed by atoms with E-state index in [1.165, 1.54) is 0 Å². The molecule has 0 saturated carbocycles. The molecule has 0 bridgehead atoms. The fourth-order valence-corrected chi connectivity index (χ4v) is 2.29. The lowest BCUT2D eigenvalue weighted by Crippen LogP contribution is -1.83. The van der Waals surface area contributed by atoms with E-state index in [-0.39, 0.29) is 0 Å². The number of hydrogen-bond acceptors (Lipinski definition) is 2. The largest absolute Gasteiger partial charge is 0.298 e. The average molecular weight is 287 g/mol. The second kappa shape index (κ2) is 6.19. The number of carbonyl (C=O) groups is 2. The molecule has 2 nitrogen and oxygen atoms in total. The van der Waals surface area contributed by atoms with Crippen LogP contribution in [0.25, 0.3) is 22.3 Å². The lowest BCUT2D eigenvalue weighted by Gasteiger charge is -2.05. The van der Waals surface area contributed by atoms with Gasteiger partial charge in [0.05, 0.1) is 1.37 Å². The Morgan fingerprint density at radius 3 is 1.36 bits per heavy atom. The highest BCUT2D eigenvalue weighted by Gasteiger charge is 2.01. The third-order valence-corrected chi connectivity index (χ3v) is 3.55. The van der Waals surface area contributed by atoms with Crippen LogP contribution in [0.1, 0.15) is 22.1 Å². The maximum atomic E-state index is 10.7. The molecule has 0 radical (unpaired) electrons. The van der Waals surface area contributed by atoms with Crippen molar-refractivity contribution >= 4 is 12.6 Å². The summed E-state index contributed by atoms with van der Waals surface area (Å²) in [5.41, 5.74) is 4.95. The number of aldehydes is 2. The minimum Gasteiger partial charge on any atom is -0.298 e. The smallest absolute Gasteiger partial charge is 0.150 e. The van der Waals surface area contributed by atoms with Crippen molar-refractivity contribution in [1.29, 1.82) is 0 Å². The summed E-state index contributed by atoms with van der Waals surface area (Å²) in [5, 5.41) is 0. The van der Waals surface area contributed by atoms with Crippen molar-refractivity contribution < 1.29 is 11.0 Å². The summed E-state index contributed by atoms with van der Waals surface area (Å²) in [4.78, 5) is 21.4. The quantitative estimate of drug-likeness (QED) is 0.655. The van der Waals surface area contributed by atoms with Gasteiger partial charge in [0.1, 0.15) is 12.6 Å². The molecule has 0 spiro atoms. The van der Waals surface area contributed by atoms with Gasteiger partial charge >= 0.3 is 0 Å². The van der Waals surface area contributed by atoms with Crippen LogP contribution in [-0.2, 0) is 0 Å². The highest BCUT2D eigenvalue weighted by molar-refractivity contribution is 5.78. The van der Waals surface area contributed by atoms with E-state index in [9.17, 15) is 9.59 Å². The molecule has 0 saturated heterocycles. The molecule has 0 aliphatic rings. The van der Waals surface area contributed by atoms with Crippen LogP contribution >= 0.6 is 0 Å². The van der Waals surface area contributed by atoms with E-state index >= 15 is 0 Å². The molecule has 106 valence electrons. The standard InChI is InChI=1S/C20H14O2/c21-13-15-1-5-17(6-2-15)19-9-11-20(12-10-19)18-7-3-16(14-22)4-8-18/h1-14H/i5D. The van der Waals surface area contributed by atoms with Crippen LogP contribution in [-0.4, -0.2) is 12.6 Å². The lowest BCUT2D eigenvalue weighted by atomic mass is 9.99. The molecular weight excluding hydrogens is 272 g/mol. The van der Waals surface area contributed by atoms with Gasteiger partial charge in [-0.25, -0.2) is 0 Å². The number of rotatable bonds is 4. The Kier molecular flexibility index (Phi) is 3.58. The van der Waals surface area contributed by atoms with Gasteiger partial charge < -0.3 is 0 Å². The van der Waals surface area contributed by atoms with Gasteiger partial charge in [0, 0.05) is 11.1 Å². The average Bonchev–Trinajstić information content (AvgIpc) is 2.62. The zero-order chi connectivity index (χ0) is 16.2. The second-order valence-corrected chi connectivity index (χ2v) is 4.97. The molecular formula is C20H14O2. The fraction of sp³-hybridized carbons (Fsp3) is 0. The molecule has 0 unspecified atom stereocenters. The van der Waals surface area contributed by atoms with E-state index in [1.807, 2.05) is 36.4 Å². The monoisotopic (exact) mass is 287 g/mol. The van der Waals surface area contributed by atoms with Crippen molar-refractivity contribution in [3.63, 3.8) is 0 Å². The van der Waals surface area contributed by atoms with Gasteiger partial charge in [0.25, 0.3) is 0 Å². The van der Waals surface area contributed by atoms with E-state index in [0.717, 1.165) is 34.8 Å². The molecule has 2 heteroatoms. The summed E-state index contributed by atoms with van der Waals surface area (Å²) in [6, 6.07) is 20.7. The zero-order valence-electron chi connectivity index (χ0n) is 12.8. The Morgan fingerprint density at radius 2 is 0.909 bits per heavy atom. The van der Waals surface area contributed by atoms with Crippen molar-refractivity contribution in [3.8, 4) is 22.3 Å². The maximum absolute atomic E-state index is 10.7. The van der Waals surface area contributed by atoms with Gasteiger partial charge in [0.2, 0.25) is 0 Å². The summed E-state index contributed by atoms with van der Waals surface area (Å²) in [6.07, 6.45) is 1.57. The Morgan fingerprint density at radius 1 is 0.545 bits per heavy atom. The van der Waals surface area contributed by atoms with Gasteiger partial charge in [-0.05, 0) is 22.3 Å². The van der Waals surface area contributed by atoms with Gasteiger partial charge in [0.15, 0.2) is 0 Å². The van der Waals surface area contributed by atoms with E-state index in [2.05, 4.69) is 0 Å². The number of benzene rings is 3. The Bertz CT molecular complexity index is 850. The topological polar surface area (TPSA) is 34.1 Å². The molecule has 3 aromatic rings. The van der Waals surface area contributed by atoms with Crippen molar-refractivity contribution in [1.82, 2.24) is 0 Å². The molecule has 3 rings (SSSR count). The van der Waals surface area contributed by atoms with E-state index in [4.69, 9.17) is 1.37 Å². The van der Waals surface area contributed by atoms with Gasteiger partial charge in [-0.2, -0.15) is 0 Å². The molecule has 0 aliphatic heterocycles. The van der Waals surface area contributed by atoms with Crippen LogP contribution in [0.5, 0.6) is 0 Å². The number of hydrogen-bond donors (Lipinski definition) is 0. The van der Waals surface area contributed by atoms with Crippen molar-refractivity contribution in [2.45, 2.75) is 0 Å². The van der Waals surface area contributed by atoms with Crippen LogP contribution in [0.3, 0.4) is 0 Å². The molecule has 0 aromatic heterocycles. The summed E-state index contributed by atoms with van der Waals surface area (Å²) in [5.74, 6) is 0. The summed E-state index contributed by atoms with van der Waals surface area (Å²) >= 11 is 0. The third-order valence-electron chi connectivity index (χ3n) is 3.55. The Balaban J connectivity index is 1.92. The molecule has 0 atom stereocenters. The molecule has 0 amide bonds. The van der Waals surface area contributed by atoms with Crippen molar-refractivity contribution in [3.05, 3.63) is 83.9 Å². The van der Waals surface area contributed by atoms with E-state index in [0.29, 0.717) is 17.2 Å². The summed E-state index contributed by atoms with van der Waals surface area (Å²) in [7, 11) is 0. The van der Waals surface area contributed by atoms with Crippen molar-refractivity contribution in [2.24, 2.45) is 0 Å². The van der Waals surface area contributed by atoms with E-state index < -0.39 is 0 Å². The van der Waals surface area contributed by atoms with Crippen LogP contribution in [0.2, 0.25) is 0 Å². The van der Waals surface area contributed by atoms with E-state index in [1.54, 1.807) is 30.3 Å². The molecule has 3 aromatic carbocycles. The first-order valence-corrected chi connectivity index (χ1v) is 6.93. The SMILES string of the molecule is [2H]c1cc(C=O)ccc1-c1ccc(-c2ccc(C=O)cc2)cc1. The van der Waals surface area contributed by atoms with Crippen LogP contribution in [0, 0.1) is 0 Å². The molecule has 0 N–H and O–H groups in total. The third kappa shape index (κ3) is 2.86. The predicted octanol–water partition coefficient (Wildman–Crippen LogP) is 4.65. The predicted molar refractivity (Wildman–Crippen MR) is 88.1 cm³/mol. The Hall–Kier alpha value is -3.00. The minimum absolute atomic E-state index is 0.331. The lowest BCUT2D eigenvalue weighted by molar-refractivity contribution is 0.111. The van der Waals surface area contributed by atoms with Crippen molar-refractivity contribution in [2.75, 3.05) is 0 Å². The molecule has 0 aliphatic carbocycles. The first kappa shape index (κ1) is 12.7. The maximum Gasteiger partial charge on any atom is 0.150 e. The number of carbonyl (C=O) groups excluding carboxylic acids is 2. The highest BCUT2D eigenvalue weighted by atomic mass is 16.1. The molecule has 22 heavy (non-hydrogen) atoms. The van der Waals surface area contributed by atoms with Gasteiger partial charge in [-0.15, -0.1) is 0 Å². The second-order valence-electron chi connectivity index (χ2n) is 4.97. The summed E-state index contributed by atoms with van der Waals surface area (Å²) < 4.78 is 8.02. The van der Waals surface area contributed by atoms with Crippen LogP contribution < -0.4 is 0 Å².